The molecule has 2 aromatic rings. The van der Waals surface area contributed by atoms with E-state index in [4.69, 9.17) is 4.74 Å². The van der Waals surface area contributed by atoms with E-state index in [-0.39, 0.29) is 18.1 Å². The molecular weight excluding hydrogens is 392 g/mol. The van der Waals surface area contributed by atoms with Crippen molar-refractivity contribution < 1.29 is 14.3 Å². The molecule has 29 heavy (non-hydrogen) atoms. The molecule has 2 aliphatic heterocycles. The molecule has 0 radical (unpaired) electrons. The number of fused-ring (bicyclic) bond motifs is 1. The highest BCUT2D eigenvalue weighted by Crippen LogP contribution is 2.30. The SMILES string of the molecule is CCOC(=O)c1c(N2CCN(C(=O)C3=CCCS3)CC2)c2ncccc2[nH]c1=O. The van der Waals surface area contributed by atoms with Crippen molar-refractivity contribution >= 4 is 40.4 Å². The van der Waals surface area contributed by atoms with Gasteiger partial charge in [-0.2, -0.15) is 0 Å². The van der Waals surface area contributed by atoms with Crippen molar-refractivity contribution in [1.82, 2.24) is 14.9 Å². The Kier molecular flexibility index (Phi) is 5.57. The van der Waals surface area contributed by atoms with E-state index in [9.17, 15) is 14.4 Å². The fourth-order valence-corrected chi connectivity index (χ4v) is 4.61. The zero-order chi connectivity index (χ0) is 20.4. The maximum atomic E-state index is 12.7. The van der Waals surface area contributed by atoms with E-state index in [0.717, 1.165) is 17.1 Å². The number of amides is 1. The Labute approximate surface area is 171 Å². The van der Waals surface area contributed by atoms with E-state index in [1.165, 1.54) is 0 Å². The molecule has 0 saturated carbocycles. The van der Waals surface area contributed by atoms with Crippen LogP contribution in [0.3, 0.4) is 0 Å². The summed E-state index contributed by atoms with van der Waals surface area (Å²) in [6.07, 6.45) is 4.55. The van der Waals surface area contributed by atoms with Gasteiger partial charge in [0.1, 0.15) is 5.52 Å². The quantitative estimate of drug-likeness (QED) is 0.762. The molecule has 9 heteroatoms. The molecule has 8 nitrogen and oxygen atoms in total. The minimum atomic E-state index is -0.665. The summed E-state index contributed by atoms with van der Waals surface area (Å²) in [4.78, 5) is 49.6. The van der Waals surface area contributed by atoms with Gasteiger partial charge in [-0.05, 0) is 25.5 Å². The van der Waals surface area contributed by atoms with Crippen LogP contribution in [-0.4, -0.2) is 65.3 Å². The van der Waals surface area contributed by atoms with Crippen LogP contribution in [0.5, 0.6) is 0 Å². The lowest BCUT2D eigenvalue weighted by Gasteiger charge is -2.37. The Balaban J connectivity index is 1.66. The van der Waals surface area contributed by atoms with Crippen LogP contribution >= 0.6 is 11.8 Å². The van der Waals surface area contributed by atoms with Gasteiger partial charge in [0, 0.05) is 38.1 Å². The molecule has 1 fully saturated rings. The van der Waals surface area contributed by atoms with Gasteiger partial charge in [0.15, 0.2) is 5.56 Å². The summed E-state index contributed by atoms with van der Waals surface area (Å²) in [5.74, 6) is 0.350. The average Bonchev–Trinajstić information content (AvgIpc) is 3.27. The van der Waals surface area contributed by atoms with Gasteiger partial charge in [-0.3, -0.25) is 14.6 Å². The first-order valence-electron chi connectivity index (χ1n) is 9.65. The Morgan fingerprint density at radius 2 is 2.07 bits per heavy atom. The number of anilines is 1. The van der Waals surface area contributed by atoms with E-state index in [0.29, 0.717) is 42.9 Å². The molecule has 1 amide bonds. The summed E-state index contributed by atoms with van der Waals surface area (Å²) in [5, 5.41) is 0. The minimum Gasteiger partial charge on any atom is -0.462 e. The highest BCUT2D eigenvalue weighted by molar-refractivity contribution is 8.04. The molecule has 2 aliphatic rings. The van der Waals surface area contributed by atoms with Crippen molar-refractivity contribution in [2.24, 2.45) is 0 Å². The van der Waals surface area contributed by atoms with Crippen LogP contribution in [0.1, 0.15) is 23.7 Å². The van der Waals surface area contributed by atoms with Crippen molar-refractivity contribution in [3.63, 3.8) is 0 Å². The first-order valence-corrected chi connectivity index (χ1v) is 10.6. The summed E-state index contributed by atoms with van der Waals surface area (Å²) >= 11 is 1.60. The molecule has 4 heterocycles. The second-order valence-electron chi connectivity index (χ2n) is 6.78. The van der Waals surface area contributed by atoms with Crippen molar-refractivity contribution in [3.05, 3.63) is 45.2 Å². The lowest BCUT2D eigenvalue weighted by Crippen LogP contribution is -2.49. The number of esters is 1. The zero-order valence-corrected chi connectivity index (χ0v) is 17.0. The Morgan fingerprint density at radius 3 is 2.76 bits per heavy atom. The number of allylic oxidation sites excluding steroid dienone is 1. The number of hydrogen-bond donors (Lipinski definition) is 1. The maximum absolute atomic E-state index is 12.7. The molecule has 0 aliphatic carbocycles. The molecule has 0 bridgehead atoms. The predicted octanol–water partition coefficient (Wildman–Crippen LogP) is 1.77. The Bertz CT molecular complexity index is 1040. The number of aromatic amines is 1. The minimum absolute atomic E-state index is 0.0353. The van der Waals surface area contributed by atoms with Gasteiger partial charge in [0.05, 0.1) is 22.7 Å². The fourth-order valence-electron chi connectivity index (χ4n) is 3.66. The number of aromatic nitrogens is 2. The molecule has 0 aromatic carbocycles. The molecule has 1 N–H and O–H groups in total. The lowest BCUT2D eigenvalue weighted by atomic mass is 10.1. The van der Waals surface area contributed by atoms with E-state index < -0.39 is 11.5 Å². The molecular formula is C20H22N4O4S. The molecule has 0 unspecified atom stereocenters. The zero-order valence-electron chi connectivity index (χ0n) is 16.1. The lowest BCUT2D eigenvalue weighted by molar-refractivity contribution is -0.126. The topological polar surface area (TPSA) is 95.6 Å². The first kappa shape index (κ1) is 19.5. The van der Waals surface area contributed by atoms with Gasteiger partial charge in [0.25, 0.3) is 11.5 Å². The number of carbonyl (C=O) groups is 2. The van der Waals surface area contributed by atoms with Crippen LogP contribution in [0.4, 0.5) is 5.69 Å². The second kappa shape index (κ2) is 8.28. The van der Waals surface area contributed by atoms with E-state index in [1.54, 1.807) is 37.0 Å². The molecule has 1 saturated heterocycles. The summed E-state index contributed by atoms with van der Waals surface area (Å²) in [5.41, 5.74) is 1.05. The summed E-state index contributed by atoms with van der Waals surface area (Å²) in [6.45, 7) is 3.91. The maximum Gasteiger partial charge on any atom is 0.346 e. The number of nitrogens with zero attached hydrogens (tertiary/aromatic N) is 3. The van der Waals surface area contributed by atoms with Gasteiger partial charge >= 0.3 is 5.97 Å². The van der Waals surface area contributed by atoms with Crippen LogP contribution in [0.2, 0.25) is 0 Å². The number of thioether (sulfide) groups is 1. The third kappa shape index (κ3) is 3.74. The molecule has 0 spiro atoms. The first-order chi connectivity index (χ1) is 14.1. The van der Waals surface area contributed by atoms with Crippen molar-refractivity contribution in [2.75, 3.05) is 43.4 Å². The number of ether oxygens (including phenoxy) is 1. The number of H-pyrrole nitrogens is 1. The molecule has 0 atom stereocenters. The Hall–Kier alpha value is -2.81. The number of pyridine rings is 2. The van der Waals surface area contributed by atoms with E-state index in [2.05, 4.69) is 9.97 Å². The van der Waals surface area contributed by atoms with Crippen molar-refractivity contribution in [1.29, 1.82) is 0 Å². The van der Waals surface area contributed by atoms with Gasteiger partial charge in [-0.15, -0.1) is 11.8 Å². The van der Waals surface area contributed by atoms with Crippen LogP contribution in [0.15, 0.2) is 34.1 Å². The van der Waals surface area contributed by atoms with Crippen molar-refractivity contribution in [3.8, 4) is 0 Å². The second-order valence-corrected chi connectivity index (χ2v) is 7.92. The Morgan fingerprint density at radius 1 is 1.28 bits per heavy atom. The number of hydrogen-bond acceptors (Lipinski definition) is 7. The summed E-state index contributed by atoms with van der Waals surface area (Å²) in [6, 6.07) is 3.49. The van der Waals surface area contributed by atoms with Crippen LogP contribution in [-0.2, 0) is 9.53 Å². The summed E-state index contributed by atoms with van der Waals surface area (Å²) in [7, 11) is 0. The predicted molar refractivity (Wildman–Crippen MR) is 112 cm³/mol. The molecule has 4 rings (SSSR count). The van der Waals surface area contributed by atoms with Gasteiger partial charge < -0.3 is 19.5 Å². The normalized spacial score (nSPS) is 16.8. The van der Waals surface area contributed by atoms with Crippen LogP contribution < -0.4 is 10.5 Å². The van der Waals surface area contributed by atoms with E-state index in [1.807, 2.05) is 15.9 Å². The van der Waals surface area contributed by atoms with Gasteiger partial charge in [0.2, 0.25) is 0 Å². The third-order valence-electron chi connectivity index (χ3n) is 5.02. The number of rotatable bonds is 4. The van der Waals surface area contributed by atoms with Crippen molar-refractivity contribution in [2.45, 2.75) is 13.3 Å². The third-order valence-corrected chi connectivity index (χ3v) is 6.11. The molecule has 152 valence electrons. The standard InChI is InChI=1S/C20H22N4O4S/c1-2-28-20(27)15-17(16-13(22-18(15)25)5-3-7-21-16)23-8-10-24(11-9-23)19(26)14-6-4-12-29-14/h3,5-7H,2,4,8-12H2,1H3,(H,22,25). The highest BCUT2D eigenvalue weighted by atomic mass is 32.2. The average molecular weight is 414 g/mol. The smallest absolute Gasteiger partial charge is 0.346 e. The van der Waals surface area contributed by atoms with Gasteiger partial charge in [-0.25, -0.2) is 4.79 Å². The number of carbonyl (C=O) groups excluding carboxylic acids is 2. The van der Waals surface area contributed by atoms with E-state index >= 15 is 0 Å². The fraction of sp³-hybridized carbons (Fsp3) is 0.400. The number of nitrogens with one attached hydrogen (secondary N) is 1. The molecule has 2 aromatic heterocycles. The van der Waals surface area contributed by atoms with Gasteiger partial charge in [-0.1, -0.05) is 6.08 Å². The van der Waals surface area contributed by atoms with Crippen LogP contribution in [0, 0.1) is 0 Å². The highest BCUT2D eigenvalue weighted by Gasteiger charge is 2.30. The monoisotopic (exact) mass is 414 g/mol. The largest absolute Gasteiger partial charge is 0.462 e. The van der Waals surface area contributed by atoms with Crippen LogP contribution in [0.25, 0.3) is 11.0 Å². The number of piperazine rings is 1. The summed E-state index contributed by atoms with van der Waals surface area (Å²) < 4.78 is 5.13.